The van der Waals surface area contributed by atoms with E-state index >= 15 is 0 Å². The average Bonchev–Trinajstić information content (AvgIpc) is 2.97. The first-order chi connectivity index (χ1) is 12.5. The Morgan fingerprint density at radius 3 is 2.81 bits per heavy atom. The lowest BCUT2D eigenvalue weighted by Gasteiger charge is -2.32. The molecule has 134 valence electrons. The number of amides is 1. The number of imidazole rings is 1. The van der Waals surface area contributed by atoms with E-state index in [1.54, 1.807) is 6.07 Å². The van der Waals surface area contributed by atoms with Crippen molar-refractivity contribution >= 4 is 22.9 Å². The molecule has 7 nitrogen and oxygen atoms in total. The van der Waals surface area contributed by atoms with Crippen LogP contribution in [0.15, 0.2) is 30.3 Å². The molecule has 1 aromatic carbocycles. The Bertz CT molecular complexity index is 959. The molecule has 2 N–H and O–H groups in total. The van der Waals surface area contributed by atoms with Crippen LogP contribution in [0.5, 0.6) is 0 Å². The van der Waals surface area contributed by atoms with Gasteiger partial charge in [0.05, 0.1) is 11.0 Å². The maximum atomic E-state index is 12.9. The average molecular weight is 350 g/mol. The zero-order valence-electron chi connectivity index (χ0n) is 15.0. The number of para-hydroxylation sites is 2. The highest BCUT2D eigenvalue weighted by Gasteiger charge is 2.29. The fourth-order valence-corrected chi connectivity index (χ4v) is 3.76. The normalized spacial score (nSPS) is 17.6. The van der Waals surface area contributed by atoms with Crippen LogP contribution in [0, 0.1) is 6.92 Å². The van der Waals surface area contributed by atoms with Crippen LogP contribution in [0.3, 0.4) is 0 Å². The van der Waals surface area contributed by atoms with Gasteiger partial charge in [-0.25, -0.2) is 15.0 Å². The molecule has 1 atom stereocenters. The van der Waals surface area contributed by atoms with Crippen LogP contribution in [0.2, 0.25) is 0 Å². The van der Waals surface area contributed by atoms with Crippen molar-refractivity contribution in [3.05, 3.63) is 47.5 Å². The van der Waals surface area contributed by atoms with E-state index in [1.807, 2.05) is 37.1 Å². The molecule has 1 aliphatic rings. The third kappa shape index (κ3) is 2.89. The van der Waals surface area contributed by atoms with Gasteiger partial charge in [0.2, 0.25) is 5.95 Å². The van der Waals surface area contributed by atoms with Crippen molar-refractivity contribution in [2.75, 3.05) is 18.8 Å². The number of piperidine rings is 1. The molecule has 1 unspecified atom stereocenters. The predicted octanol–water partition coefficient (Wildman–Crippen LogP) is 2.27. The van der Waals surface area contributed by atoms with Gasteiger partial charge >= 0.3 is 0 Å². The SMILES string of the molecule is Cc1cc(C(=O)N2CCCC(c3nc4ccccc4n3C)C2)nc(N)n1. The number of carbonyl (C=O) groups excluding carboxylic acids is 1. The second-order valence-corrected chi connectivity index (χ2v) is 6.86. The lowest BCUT2D eigenvalue weighted by atomic mass is 9.97. The van der Waals surface area contributed by atoms with E-state index in [9.17, 15) is 4.79 Å². The quantitative estimate of drug-likeness (QED) is 0.766. The highest BCUT2D eigenvalue weighted by atomic mass is 16.2. The number of nitrogen functional groups attached to an aromatic ring is 1. The Hall–Kier alpha value is -2.96. The van der Waals surface area contributed by atoms with Gasteiger partial charge in [-0.15, -0.1) is 0 Å². The molecule has 0 saturated carbocycles. The predicted molar refractivity (Wildman–Crippen MR) is 99.8 cm³/mol. The molecule has 3 heterocycles. The minimum atomic E-state index is -0.0920. The van der Waals surface area contributed by atoms with Crippen LogP contribution >= 0.6 is 0 Å². The number of aromatic nitrogens is 4. The molecule has 0 bridgehead atoms. The van der Waals surface area contributed by atoms with Crippen LogP contribution < -0.4 is 5.73 Å². The second-order valence-electron chi connectivity index (χ2n) is 6.86. The first kappa shape index (κ1) is 16.5. The molecule has 1 saturated heterocycles. The van der Waals surface area contributed by atoms with Crippen LogP contribution in [0.1, 0.15) is 40.8 Å². The summed E-state index contributed by atoms with van der Waals surface area (Å²) in [5, 5.41) is 0. The van der Waals surface area contributed by atoms with Gasteiger partial charge in [-0.3, -0.25) is 4.79 Å². The van der Waals surface area contributed by atoms with Gasteiger partial charge in [0, 0.05) is 31.7 Å². The van der Waals surface area contributed by atoms with Crippen molar-refractivity contribution in [2.45, 2.75) is 25.7 Å². The Balaban J connectivity index is 1.60. The molecular formula is C19H22N6O. The van der Waals surface area contributed by atoms with Gasteiger partial charge < -0.3 is 15.2 Å². The first-order valence-corrected chi connectivity index (χ1v) is 8.84. The number of nitrogens with zero attached hydrogens (tertiary/aromatic N) is 5. The van der Waals surface area contributed by atoms with E-state index < -0.39 is 0 Å². The molecule has 0 aliphatic carbocycles. The summed E-state index contributed by atoms with van der Waals surface area (Å²) in [4.78, 5) is 27.7. The van der Waals surface area contributed by atoms with Crippen molar-refractivity contribution in [1.82, 2.24) is 24.4 Å². The number of hydrogen-bond donors (Lipinski definition) is 1. The maximum absolute atomic E-state index is 12.9. The smallest absolute Gasteiger partial charge is 0.272 e. The number of aryl methyl sites for hydroxylation is 2. The molecule has 3 aromatic rings. The van der Waals surface area contributed by atoms with E-state index in [-0.39, 0.29) is 17.8 Å². The lowest BCUT2D eigenvalue weighted by molar-refractivity contribution is 0.0697. The summed E-state index contributed by atoms with van der Waals surface area (Å²) in [6.45, 7) is 3.18. The Morgan fingerprint density at radius 2 is 2.04 bits per heavy atom. The Labute approximate surface area is 151 Å². The lowest BCUT2D eigenvalue weighted by Crippen LogP contribution is -2.40. The third-order valence-electron chi connectivity index (χ3n) is 4.99. The van der Waals surface area contributed by atoms with Gasteiger partial charge in [0.25, 0.3) is 5.91 Å². The summed E-state index contributed by atoms with van der Waals surface area (Å²) in [5.74, 6) is 1.29. The third-order valence-corrected chi connectivity index (χ3v) is 4.99. The van der Waals surface area contributed by atoms with Crippen molar-refractivity contribution in [2.24, 2.45) is 7.05 Å². The van der Waals surface area contributed by atoms with Crippen LogP contribution in [-0.2, 0) is 7.05 Å². The fraction of sp³-hybridized carbons (Fsp3) is 0.368. The number of hydrogen-bond acceptors (Lipinski definition) is 5. The summed E-state index contributed by atoms with van der Waals surface area (Å²) < 4.78 is 2.14. The molecule has 2 aromatic heterocycles. The number of likely N-dealkylation sites (tertiary alicyclic amines) is 1. The van der Waals surface area contributed by atoms with Gasteiger partial charge in [-0.2, -0.15) is 0 Å². The number of anilines is 1. The van der Waals surface area contributed by atoms with E-state index in [2.05, 4.69) is 20.6 Å². The molecule has 7 heteroatoms. The summed E-state index contributed by atoms with van der Waals surface area (Å²) in [6.07, 6.45) is 1.96. The standard InChI is InChI=1S/C19H22N6O/c1-12-10-15(23-19(20)21-12)18(26)25-9-5-6-13(11-25)17-22-14-7-3-4-8-16(14)24(17)2/h3-4,7-8,10,13H,5-6,9,11H2,1-2H3,(H2,20,21,23). The monoisotopic (exact) mass is 350 g/mol. The minimum absolute atomic E-state index is 0.0920. The highest BCUT2D eigenvalue weighted by Crippen LogP contribution is 2.29. The van der Waals surface area contributed by atoms with Gasteiger partial charge in [-0.05, 0) is 38.0 Å². The van der Waals surface area contributed by atoms with Crippen LogP contribution in [0.25, 0.3) is 11.0 Å². The molecule has 1 aliphatic heterocycles. The van der Waals surface area contributed by atoms with E-state index in [4.69, 9.17) is 10.7 Å². The topological polar surface area (TPSA) is 89.9 Å². The number of carbonyl (C=O) groups is 1. The largest absolute Gasteiger partial charge is 0.368 e. The number of nitrogens with two attached hydrogens (primary N) is 1. The summed E-state index contributed by atoms with van der Waals surface area (Å²) in [6, 6.07) is 9.81. The Kier molecular flexibility index (Phi) is 4.06. The second kappa shape index (κ2) is 6.40. The molecule has 0 spiro atoms. The zero-order chi connectivity index (χ0) is 18.3. The minimum Gasteiger partial charge on any atom is -0.368 e. The summed E-state index contributed by atoms with van der Waals surface area (Å²) >= 11 is 0. The number of rotatable bonds is 2. The Morgan fingerprint density at radius 1 is 1.23 bits per heavy atom. The molecular weight excluding hydrogens is 328 g/mol. The van der Waals surface area contributed by atoms with Gasteiger partial charge in [-0.1, -0.05) is 12.1 Å². The zero-order valence-corrected chi connectivity index (χ0v) is 15.0. The number of benzene rings is 1. The van der Waals surface area contributed by atoms with E-state index in [0.29, 0.717) is 17.9 Å². The van der Waals surface area contributed by atoms with Gasteiger partial charge in [0.1, 0.15) is 11.5 Å². The molecule has 1 amide bonds. The molecule has 26 heavy (non-hydrogen) atoms. The van der Waals surface area contributed by atoms with E-state index in [1.165, 1.54) is 0 Å². The first-order valence-electron chi connectivity index (χ1n) is 8.84. The summed E-state index contributed by atoms with van der Waals surface area (Å²) in [7, 11) is 2.04. The highest BCUT2D eigenvalue weighted by molar-refractivity contribution is 5.92. The van der Waals surface area contributed by atoms with Crippen molar-refractivity contribution in [3.63, 3.8) is 0 Å². The maximum Gasteiger partial charge on any atom is 0.272 e. The fourth-order valence-electron chi connectivity index (χ4n) is 3.76. The van der Waals surface area contributed by atoms with Crippen molar-refractivity contribution in [3.8, 4) is 0 Å². The van der Waals surface area contributed by atoms with E-state index in [0.717, 1.165) is 36.2 Å². The van der Waals surface area contributed by atoms with Crippen LogP contribution in [0.4, 0.5) is 5.95 Å². The molecule has 1 fully saturated rings. The van der Waals surface area contributed by atoms with Gasteiger partial charge in [0.15, 0.2) is 0 Å². The van der Waals surface area contributed by atoms with Crippen LogP contribution in [-0.4, -0.2) is 43.4 Å². The summed E-state index contributed by atoms with van der Waals surface area (Å²) in [5.41, 5.74) is 8.87. The molecule has 0 radical (unpaired) electrons. The molecule has 4 rings (SSSR count). The van der Waals surface area contributed by atoms with Crippen molar-refractivity contribution < 1.29 is 4.79 Å². The number of fused-ring (bicyclic) bond motifs is 1. The van der Waals surface area contributed by atoms with Crippen molar-refractivity contribution in [1.29, 1.82) is 0 Å².